The van der Waals surface area contributed by atoms with Crippen molar-refractivity contribution in [1.29, 1.82) is 0 Å². The Balaban J connectivity index is 1.40. The molecule has 2 N–H and O–H groups in total. The van der Waals surface area contributed by atoms with Crippen molar-refractivity contribution < 1.29 is 4.79 Å². The number of nitrogens with zero attached hydrogens (tertiary/aromatic N) is 5. The largest absolute Gasteiger partial charge is 0.348 e. The molecule has 0 atom stereocenters. The standard InChI is InChI=1S/C26H22ClN7O/c27-20-9-4-6-17(14-20)16-28-26(35)19-12-13-21-23(15-19)29-22(10-5-11-24-31-33-34-32-24)25(30-21)18-7-2-1-3-8-18/h1-4,6-9,12-15H,5,10-11,16H2,(H,28,35)(H,31,32,33,34). The number of carbonyl (C=O) groups is 1. The van der Waals surface area contributed by atoms with Crippen molar-refractivity contribution in [2.45, 2.75) is 25.8 Å². The van der Waals surface area contributed by atoms with Gasteiger partial charge in [-0.05, 0) is 48.7 Å². The molecule has 0 fully saturated rings. The van der Waals surface area contributed by atoms with Crippen LogP contribution in [0.3, 0.4) is 0 Å². The second-order valence-electron chi connectivity index (χ2n) is 8.08. The predicted molar refractivity (Wildman–Crippen MR) is 134 cm³/mol. The van der Waals surface area contributed by atoms with E-state index in [1.807, 2.05) is 54.6 Å². The summed E-state index contributed by atoms with van der Waals surface area (Å²) in [5.41, 5.74) is 5.57. The molecule has 0 spiro atoms. The Bertz CT molecular complexity index is 1460. The maximum atomic E-state index is 12.8. The van der Waals surface area contributed by atoms with E-state index in [1.54, 1.807) is 18.2 Å². The Morgan fingerprint density at radius 3 is 2.60 bits per heavy atom. The average Bonchev–Trinajstić information content (AvgIpc) is 3.41. The summed E-state index contributed by atoms with van der Waals surface area (Å²) in [6.45, 7) is 0.386. The van der Waals surface area contributed by atoms with Crippen molar-refractivity contribution in [3.05, 3.63) is 100 Å². The summed E-state index contributed by atoms with van der Waals surface area (Å²) in [5.74, 6) is 0.484. The van der Waals surface area contributed by atoms with Gasteiger partial charge in [0.15, 0.2) is 5.82 Å². The molecule has 5 rings (SSSR count). The van der Waals surface area contributed by atoms with E-state index in [0.29, 0.717) is 41.3 Å². The van der Waals surface area contributed by atoms with E-state index in [4.69, 9.17) is 21.6 Å². The summed E-state index contributed by atoms with van der Waals surface area (Å²) < 4.78 is 0. The topological polar surface area (TPSA) is 109 Å². The molecule has 9 heteroatoms. The Kier molecular flexibility index (Phi) is 6.72. The van der Waals surface area contributed by atoms with Crippen molar-refractivity contribution in [2.24, 2.45) is 0 Å². The van der Waals surface area contributed by atoms with E-state index in [2.05, 4.69) is 25.9 Å². The van der Waals surface area contributed by atoms with Crippen molar-refractivity contribution in [3.63, 3.8) is 0 Å². The summed E-state index contributed by atoms with van der Waals surface area (Å²) in [6.07, 6.45) is 2.16. The highest BCUT2D eigenvalue weighted by atomic mass is 35.5. The zero-order valence-corrected chi connectivity index (χ0v) is 19.5. The monoisotopic (exact) mass is 483 g/mol. The van der Waals surface area contributed by atoms with E-state index < -0.39 is 0 Å². The van der Waals surface area contributed by atoms with Crippen LogP contribution in [0.1, 0.15) is 33.9 Å². The summed E-state index contributed by atoms with van der Waals surface area (Å²) in [6, 6.07) is 22.8. The maximum Gasteiger partial charge on any atom is 0.251 e. The first-order chi connectivity index (χ1) is 17.2. The van der Waals surface area contributed by atoms with Gasteiger partial charge in [-0.2, -0.15) is 5.21 Å². The van der Waals surface area contributed by atoms with E-state index in [-0.39, 0.29) is 5.91 Å². The molecule has 1 amide bonds. The minimum atomic E-state index is -0.181. The second-order valence-corrected chi connectivity index (χ2v) is 8.52. The normalized spacial score (nSPS) is 11.0. The highest BCUT2D eigenvalue weighted by molar-refractivity contribution is 6.30. The van der Waals surface area contributed by atoms with Crippen LogP contribution < -0.4 is 5.32 Å². The molecule has 0 aliphatic carbocycles. The molecule has 0 saturated heterocycles. The molecule has 0 bridgehead atoms. The van der Waals surface area contributed by atoms with Gasteiger partial charge in [0.25, 0.3) is 5.91 Å². The van der Waals surface area contributed by atoms with E-state index in [0.717, 1.165) is 34.5 Å². The lowest BCUT2D eigenvalue weighted by molar-refractivity contribution is 0.0951. The van der Waals surface area contributed by atoms with Gasteiger partial charge in [-0.25, -0.2) is 9.97 Å². The number of aromatic amines is 1. The molecule has 0 unspecified atom stereocenters. The lowest BCUT2D eigenvalue weighted by Crippen LogP contribution is -2.22. The maximum absolute atomic E-state index is 12.8. The number of benzene rings is 3. The number of aromatic nitrogens is 6. The van der Waals surface area contributed by atoms with Gasteiger partial charge in [0.1, 0.15) is 0 Å². The van der Waals surface area contributed by atoms with Crippen LogP contribution in [0.4, 0.5) is 0 Å². The molecule has 3 aromatic carbocycles. The van der Waals surface area contributed by atoms with Crippen LogP contribution in [0.15, 0.2) is 72.8 Å². The summed E-state index contributed by atoms with van der Waals surface area (Å²) in [4.78, 5) is 22.6. The summed E-state index contributed by atoms with van der Waals surface area (Å²) >= 11 is 6.04. The van der Waals surface area contributed by atoms with Crippen LogP contribution in [0.2, 0.25) is 5.02 Å². The Morgan fingerprint density at radius 2 is 1.80 bits per heavy atom. The Hall–Kier alpha value is -4.17. The third-order valence-electron chi connectivity index (χ3n) is 5.59. The number of halogens is 1. The molecule has 8 nitrogen and oxygen atoms in total. The second kappa shape index (κ2) is 10.4. The number of amides is 1. The smallest absolute Gasteiger partial charge is 0.251 e. The lowest BCUT2D eigenvalue weighted by Gasteiger charge is -2.11. The summed E-state index contributed by atoms with van der Waals surface area (Å²) in [7, 11) is 0. The molecule has 0 aliphatic rings. The minimum absolute atomic E-state index is 0.181. The van der Waals surface area contributed by atoms with E-state index in [9.17, 15) is 4.79 Å². The van der Waals surface area contributed by atoms with Gasteiger partial charge in [-0.15, -0.1) is 10.2 Å². The van der Waals surface area contributed by atoms with Crippen LogP contribution in [0, 0.1) is 0 Å². The molecule has 0 radical (unpaired) electrons. The van der Waals surface area contributed by atoms with Gasteiger partial charge in [-0.1, -0.05) is 59.3 Å². The fraction of sp³-hybridized carbons (Fsp3) is 0.154. The lowest BCUT2D eigenvalue weighted by atomic mass is 10.0. The minimum Gasteiger partial charge on any atom is -0.348 e. The Labute approximate surface area is 206 Å². The number of H-pyrrole nitrogens is 1. The molecule has 0 aliphatic heterocycles. The molecule has 2 heterocycles. The third-order valence-corrected chi connectivity index (χ3v) is 5.83. The van der Waals surface area contributed by atoms with Crippen molar-refractivity contribution in [3.8, 4) is 11.3 Å². The number of fused-ring (bicyclic) bond motifs is 1. The average molecular weight is 484 g/mol. The number of hydrogen-bond donors (Lipinski definition) is 2. The van der Waals surface area contributed by atoms with Crippen LogP contribution >= 0.6 is 11.6 Å². The SMILES string of the molecule is O=C(NCc1cccc(Cl)c1)c1ccc2nc(-c3ccccc3)c(CCCc3nn[nH]n3)nc2c1. The number of nitrogens with one attached hydrogen (secondary N) is 2. The zero-order valence-electron chi connectivity index (χ0n) is 18.8. The molecular formula is C26H22ClN7O. The summed E-state index contributed by atoms with van der Waals surface area (Å²) in [5, 5.41) is 17.7. The van der Waals surface area contributed by atoms with Crippen molar-refractivity contribution in [2.75, 3.05) is 0 Å². The van der Waals surface area contributed by atoms with Crippen LogP contribution in [-0.2, 0) is 19.4 Å². The van der Waals surface area contributed by atoms with Crippen molar-refractivity contribution >= 4 is 28.5 Å². The predicted octanol–water partition coefficient (Wildman–Crippen LogP) is 4.57. The van der Waals surface area contributed by atoms with E-state index >= 15 is 0 Å². The number of hydrogen-bond acceptors (Lipinski definition) is 6. The highest BCUT2D eigenvalue weighted by Crippen LogP contribution is 2.25. The first kappa shape index (κ1) is 22.6. The molecule has 2 aromatic heterocycles. The van der Waals surface area contributed by atoms with Crippen LogP contribution in [0.25, 0.3) is 22.3 Å². The fourth-order valence-electron chi connectivity index (χ4n) is 3.87. The van der Waals surface area contributed by atoms with Gasteiger partial charge < -0.3 is 5.32 Å². The highest BCUT2D eigenvalue weighted by Gasteiger charge is 2.14. The van der Waals surface area contributed by atoms with Gasteiger partial charge in [0, 0.05) is 29.1 Å². The Morgan fingerprint density at radius 1 is 0.914 bits per heavy atom. The fourth-order valence-corrected chi connectivity index (χ4v) is 4.08. The number of tetrazole rings is 1. The van der Waals surface area contributed by atoms with Gasteiger partial charge in [0.05, 0.1) is 22.4 Å². The van der Waals surface area contributed by atoms with Gasteiger partial charge in [0.2, 0.25) is 0 Å². The van der Waals surface area contributed by atoms with Gasteiger partial charge in [-0.3, -0.25) is 4.79 Å². The molecule has 174 valence electrons. The molecule has 5 aromatic rings. The third kappa shape index (κ3) is 5.50. The molecular weight excluding hydrogens is 462 g/mol. The number of aryl methyl sites for hydroxylation is 2. The number of rotatable bonds is 8. The quantitative estimate of drug-likeness (QED) is 0.334. The van der Waals surface area contributed by atoms with Crippen molar-refractivity contribution in [1.82, 2.24) is 35.9 Å². The molecule has 35 heavy (non-hydrogen) atoms. The first-order valence-electron chi connectivity index (χ1n) is 11.3. The first-order valence-corrected chi connectivity index (χ1v) is 11.6. The van der Waals surface area contributed by atoms with E-state index in [1.165, 1.54) is 0 Å². The van der Waals surface area contributed by atoms with Crippen LogP contribution in [0.5, 0.6) is 0 Å². The van der Waals surface area contributed by atoms with Gasteiger partial charge >= 0.3 is 0 Å². The molecule has 0 saturated carbocycles. The van der Waals surface area contributed by atoms with Crippen LogP contribution in [-0.4, -0.2) is 36.5 Å². The zero-order chi connectivity index (χ0) is 24.0. The number of carbonyl (C=O) groups excluding carboxylic acids is 1.